The summed E-state index contributed by atoms with van der Waals surface area (Å²) < 4.78 is 29.0. The maximum absolute atomic E-state index is 12.9. The Bertz CT molecular complexity index is 866. The van der Waals surface area contributed by atoms with Gasteiger partial charge in [-0.05, 0) is 97.7 Å². The van der Waals surface area contributed by atoms with Crippen LogP contribution in [0.2, 0.25) is 0 Å². The highest BCUT2D eigenvalue weighted by Gasteiger charge is 2.59. The van der Waals surface area contributed by atoms with Gasteiger partial charge in [-0.1, -0.05) is 78.7 Å². The maximum Gasteiger partial charge on any atom is 0.586 e. The average molecular weight is 519 g/mol. The molecule has 0 amide bonds. The highest BCUT2D eigenvalue weighted by atomic mass is 31.2. The van der Waals surface area contributed by atoms with Crippen molar-refractivity contribution in [2.75, 3.05) is 0 Å². The zero-order chi connectivity index (χ0) is 26.1. The number of phosphoric acid groups is 1. The lowest BCUT2D eigenvalue weighted by Gasteiger charge is -2.58. The first-order chi connectivity index (χ1) is 17.1. The Labute approximate surface area is 220 Å². The van der Waals surface area contributed by atoms with Gasteiger partial charge in [0.1, 0.15) is 0 Å². The molecule has 0 N–H and O–H groups in total. The molecular formula is C31H51O4P. The first kappa shape index (κ1) is 28.0. The molecule has 0 aromatic carbocycles. The zero-order valence-electron chi connectivity index (χ0n) is 23.5. The Morgan fingerprint density at radius 1 is 1.03 bits per heavy atom. The van der Waals surface area contributed by atoms with Gasteiger partial charge in [-0.15, -0.1) is 0 Å². The first-order valence-electron chi connectivity index (χ1n) is 14.6. The highest BCUT2D eigenvalue weighted by Crippen LogP contribution is 2.68. The molecule has 4 aliphatic rings. The van der Waals surface area contributed by atoms with Crippen LogP contribution in [0.3, 0.4) is 0 Å². The molecule has 0 saturated heterocycles. The number of rotatable bonds is 11. The molecule has 5 heteroatoms. The molecule has 204 valence electrons. The largest absolute Gasteiger partial charge is 0.586 e. The molecule has 4 rings (SSSR count). The van der Waals surface area contributed by atoms with Gasteiger partial charge in [-0.2, -0.15) is 0 Å². The fraction of sp³-hybridized carbons (Fsp3) is 0.806. The van der Waals surface area contributed by atoms with Gasteiger partial charge < -0.3 is 9.05 Å². The monoisotopic (exact) mass is 518 g/mol. The molecular weight excluding hydrogens is 467 g/mol. The van der Waals surface area contributed by atoms with Crippen molar-refractivity contribution in [3.05, 3.63) is 37.3 Å². The van der Waals surface area contributed by atoms with E-state index in [2.05, 4.69) is 53.9 Å². The Morgan fingerprint density at radius 3 is 2.42 bits per heavy atom. The third-order valence-electron chi connectivity index (χ3n) is 10.9. The van der Waals surface area contributed by atoms with Crippen molar-refractivity contribution in [1.29, 1.82) is 0 Å². The topological polar surface area (TPSA) is 44.8 Å². The van der Waals surface area contributed by atoms with Crippen molar-refractivity contribution in [2.24, 2.45) is 46.3 Å². The zero-order valence-corrected chi connectivity index (χ0v) is 24.4. The summed E-state index contributed by atoms with van der Waals surface area (Å²) in [7, 11) is -3.70. The molecule has 3 fully saturated rings. The number of fused-ring (bicyclic) bond motifs is 5. The Morgan fingerprint density at radius 2 is 1.75 bits per heavy atom. The smallest absolute Gasteiger partial charge is 0.404 e. The van der Waals surface area contributed by atoms with Gasteiger partial charge >= 0.3 is 7.82 Å². The van der Waals surface area contributed by atoms with Gasteiger partial charge in [-0.3, -0.25) is 4.52 Å². The molecule has 0 spiro atoms. The molecule has 8 atom stereocenters. The van der Waals surface area contributed by atoms with E-state index in [1.54, 1.807) is 0 Å². The van der Waals surface area contributed by atoms with E-state index >= 15 is 0 Å². The lowest BCUT2D eigenvalue weighted by Crippen LogP contribution is -2.51. The molecule has 4 aliphatic carbocycles. The predicted molar refractivity (Wildman–Crippen MR) is 148 cm³/mol. The van der Waals surface area contributed by atoms with E-state index in [4.69, 9.17) is 13.6 Å². The van der Waals surface area contributed by atoms with Crippen molar-refractivity contribution in [2.45, 2.75) is 111 Å². The van der Waals surface area contributed by atoms with Crippen molar-refractivity contribution in [3.63, 3.8) is 0 Å². The third kappa shape index (κ3) is 5.28. The van der Waals surface area contributed by atoms with Crippen LogP contribution < -0.4 is 0 Å². The second-order valence-corrected chi connectivity index (χ2v) is 14.8. The summed E-state index contributed by atoms with van der Waals surface area (Å²) in [4.78, 5) is 0. The SMILES string of the molecule is C=COP(=O)(OC=C)OC1CC[C@@]2(C)C(=CC[C@H]3[C@@H]4CC[C@H]([C@H](C)CCCC(C)C)[C@@]4(C)CC[C@@H]32)C1. The van der Waals surface area contributed by atoms with E-state index in [0.29, 0.717) is 5.41 Å². The van der Waals surface area contributed by atoms with E-state index in [1.807, 2.05) is 0 Å². The molecule has 0 radical (unpaired) electrons. The summed E-state index contributed by atoms with van der Waals surface area (Å²) in [6.07, 6.45) is 18.3. The van der Waals surface area contributed by atoms with E-state index in [-0.39, 0.29) is 11.5 Å². The molecule has 0 aromatic rings. The molecule has 4 nitrogen and oxygen atoms in total. The van der Waals surface area contributed by atoms with Crippen LogP contribution in [0, 0.1) is 46.3 Å². The average Bonchev–Trinajstić information content (AvgIpc) is 3.16. The van der Waals surface area contributed by atoms with Gasteiger partial charge in [0.15, 0.2) is 0 Å². The fourth-order valence-electron chi connectivity index (χ4n) is 9.18. The molecule has 0 aliphatic heterocycles. The van der Waals surface area contributed by atoms with Crippen LogP contribution in [0.1, 0.15) is 105 Å². The quantitative estimate of drug-likeness (QED) is 0.155. The molecule has 0 heterocycles. The molecule has 3 saturated carbocycles. The summed E-state index contributed by atoms with van der Waals surface area (Å²) >= 11 is 0. The molecule has 36 heavy (non-hydrogen) atoms. The van der Waals surface area contributed by atoms with Crippen LogP contribution >= 0.6 is 7.82 Å². The second kappa shape index (κ2) is 11.0. The summed E-state index contributed by atoms with van der Waals surface area (Å²) in [5, 5.41) is 0. The van der Waals surface area contributed by atoms with Crippen molar-refractivity contribution in [3.8, 4) is 0 Å². The minimum absolute atomic E-state index is 0.164. The van der Waals surface area contributed by atoms with Crippen molar-refractivity contribution < 1.29 is 18.1 Å². The summed E-state index contributed by atoms with van der Waals surface area (Å²) in [6, 6.07) is 0. The van der Waals surface area contributed by atoms with E-state index in [1.165, 1.54) is 56.9 Å². The summed E-state index contributed by atoms with van der Waals surface area (Å²) in [6.45, 7) is 19.5. The van der Waals surface area contributed by atoms with Gasteiger partial charge in [0.05, 0.1) is 18.6 Å². The summed E-state index contributed by atoms with van der Waals surface area (Å²) in [5.74, 6) is 4.98. The van der Waals surface area contributed by atoms with E-state index < -0.39 is 7.82 Å². The molecule has 1 unspecified atom stereocenters. The number of hydrogen-bond acceptors (Lipinski definition) is 4. The van der Waals surface area contributed by atoms with E-state index in [9.17, 15) is 4.57 Å². The number of hydrogen-bond donors (Lipinski definition) is 0. The van der Waals surface area contributed by atoms with Gasteiger partial charge in [0.25, 0.3) is 0 Å². The lowest BCUT2D eigenvalue weighted by atomic mass is 9.47. The fourth-order valence-corrected chi connectivity index (χ4v) is 10.2. The van der Waals surface area contributed by atoms with Crippen LogP contribution in [0.4, 0.5) is 0 Å². The third-order valence-corrected chi connectivity index (χ3v) is 12.3. The van der Waals surface area contributed by atoms with Gasteiger partial charge in [0, 0.05) is 0 Å². The number of phosphoric ester groups is 1. The Balaban J connectivity index is 1.45. The standard InChI is InChI=1S/C31H51O4P/c1-8-33-36(32,34-9-2)35-25-17-19-30(6)24(21-25)13-14-26-28-16-15-27(23(5)12-10-11-22(3)4)31(28,7)20-18-29(26)30/h8-9,13,22-23,25-29H,1-2,10-12,14-21H2,3-7H3/t23-,25?,26+,27-,28+,29+,30+,31-/m1/s1. The van der Waals surface area contributed by atoms with Crippen LogP contribution in [0.15, 0.2) is 37.3 Å². The Kier molecular flexibility index (Phi) is 8.57. The number of allylic oxidation sites excluding steroid dienone is 1. The normalized spacial score (nSPS) is 38.8. The summed E-state index contributed by atoms with van der Waals surface area (Å²) in [5.41, 5.74) is 2.24. The van der Waals surface area contributed by atoms with Crippen LogP contribution in [-0.2, 0) is 18.1 Å². The first-order valence-corrected chi connectivity index (χ1v) is 16.1. The maximum atomic E-state index is 12.9. The Hall–Kier alpha value is -0.990. The van der Waals surface area contributed by atoms with Crippen molar-refractivity contribution in [1.82, 2.24) is 0 Å². The van der Waals surface area contributed by atoms with Crippen LogP contribution in [0.5, 0.6) is 0 Å². The van der Waals surface area contributed by atoms with E-state index in [0.717, 1.165) is 67.3 Å². The highest BCUT2D eigenvalue weighted by molar-refractivity contribution is 7.48. The lowest BCUT2D eigenvalue weighted by molar-refractivity contribution is -0.0571. The van der Waals surface area contributed by atoms with Crippen LogP contribution in [-0.4, -0.2) is 6.10 Å². The van der Waals surface area contributed by atoms with Crippen molar-refractivity contribution >= 4 is 7.82 Å². The predicted octanol–water partition coefficient (Wildman–Crippen LogP) is 9.84. The van der Waals surface area contributed by atoms with Gasteiger partial charge in [-0.25, -0.2) is 4.57 Å². The minimum Gasteiger partial charge on any atom is -0.404 e. The molecule has 0 bridgehead atoms. The molecule has 0 aromatic heterocycles. The van der Waals surface area contributed by atoms with Crippen LogP contribution in [0.25, 0.3) is 0 Å². The minimum atomic E-state index is -3.70. The second-order valence-electron chi connectivity index (χ2n) is 13.3. The van der Waals surface area contributed by atoms with Gasteiger partial charge in [0.2, 0.25) is 0 Å².